The van der Waals surface area contributed by atoms with Crippen LogP contribution in [-0.2, 0) is 0 Å². The Kier molecular flexibility index (Phi) is 0.787. The van der Waals surface area contributed by atoms with Crippen molar-refractivity contribution in [2.75, 3.05) is 0 Å². The second-order valence-electron chi connectivity index (χ2n) is 3.07. The predicted molar refractivity (Wildman–Crippen MR) is 34.6 cm³/mol. The summed E-state index contributed by atoms with van der Waals surface area (Å²) in [5, 5.41) is 0. The smallest absolute Gasteiger partial charge is 0.0162 e. The van der Waals surface area contributed by atoms with E-state index in [0.29, 0.717) is 0 Å². The molecule has 2 bridgehead atoms. The third-order valence-corrected chi connectivity index (χ3v) is 2.60. The summed E-state index contributed by atoms with van der Waals surface area (Å²) in [4.78, 5) is 0. The van der Waals surface area contributed by atoms with Gasteiger partial charge in [-0.1, -0.05) is 25.0 Å². The Bertz CT molecular complexity index is 133. The van der Waals surface area contributed by atoms with E-state index in [1.165, 1.54) is 19.3 Å². The van der Waals surface area contributed by atoms with Gasteiger partial charge in [0, 0.05) is 0 Å². The van der Waals surface area contributed by atoms with Crippen LogP contribution in [-0.4, -0.2) is 0 Å². The molecule has 0 radical (unpaired) electrons. The molecule has 3 rings (SSSR count). The Morgan fingerprint density at radius 2 is 2.38 bits per heavy atom. The Labute approximate surface area is 50.6 Å². The van der Waals surface area contributed by atoms with Crippen LogP contribution >= 0.6 is 0 Å². The Morgan fingerprint density at radius 1 is 1.62 bits per heavy atom. The lowest BCUT2D eigenvalue weighted by molar-refractivity contribution is 0.448. The molecule has 8 heavy (non-hydrogen) atoms. The maximum absolute atomic E-state index is 2.47. The molecule has 0 heteroatoms. The monoisotopic (exact) mass is 108 g/mol. The van der Waals surface area contributed by atoms with Crippen molar-refractivity contribution in [2.45, 2.75) is 26.2 Å². The molecule has 1 saturated carbocycles. The highest BCUT2D eigenvalue weighted by atomic mass is 14.4. The van der Waals surface area contributed by atoms with Crippen LogP contribution in [0.3, 0.4) is 0 Å². The number of hydrogen-bond donors (Lipinski definition) is 0. The van der Waals surface area contributed by atoms with Crippen molar-refractivity contribution < 1.29 is 0 Å². The molecule has 3 aliphatic rings. The van der Waals surface area contributed by atoms with Crippen LogP contribution < -0.4 is 0 Å². The second kappa shape index (κ2) is 1.37. The van der Waals surface area contributed by atoms with Gasteiger partial charge < -0.3 is 0 Å². The lowest BCUT2D eigenvalue weighted by Crippen LogP contribution is -2.04. The van der Waals surface area contributed by atoms with Gasteiger partial charge in [0.1, 0.15) is 0 Å². The van der Waals surface area contributed by atoms with Gasteiger partial charge in [-0.05, 0) is 24.7 Å². The van der Waals surface area contributed by atoms with Crippen LogP contribution in [0.2, 0.25) is 0 Å². The molecule has 0 aromatic heterocycles. The summed E-state index contributed by atoms with van der Waals surface area (Å²) < 4.78 is 0. The zero-order valence-electron chi connectivity index (χ0n) is 5.35. The maximum atomic E-state index is 2.47. The predicted octanol–water partition coefficient (Wildman–Crippen LogP) is 2.36. The van der Waals surface area contributed by atoms with E-state index in [2.05, 4.69) is 13.0 Å². The molecule has 3 aliphatic carbocycles. The van der Waals surface area contributed by atoms with Crippen LogP contribution in [0.4, 0.5) is 0 Å². The van der Waals surface area contributed by atoms with Crippen molar-refractivity contribution in [3.63, 3.8) is 0 Å². The molecule has 0 aromatic rings. The van der Waals surface area contributed by atoms with Gasteiger partial charge >= 0.3 is 0 Å². The first-order valence-corrected chi connectivity index (χ1v) is 3.59. The highest BCUT2D eigenvalue weighted by Crippen LogP contribution is 2.47. The Morgan fingerprint density at radius 3 is 2.62 bits per heavy atom. The molecule has 1 fully saturated rings. The molecule has 0 aromatic carbocycles. The fourth-order valence-corrected chi connectivity index (χ4v) is 1.96. The largest absolute Gasteiger partial charge is 0.0816 e. The van der Waals surface area contributed by atoms with E-state index in [4.69, 9.17) is 0 Å². The van der Waals surface area contributed by atoms with Crippen molar-refractivity contribution in [3.05, 3.63) is 11.6 Å². The van der Waals surface area contributed by atoms with E-state index in [1.807, 2.05) is 0 Å². The van der Waals surface area contributed by atoms with Gasteiger partial charge in [0.05, 0.1) is 0 Å². The van der Waals surface area contributed by atoms with Crippen LogP contribution in [0.15, 0.2) is 11.6 Å². The minimum absolute atomic E-state index is 1.01. The lowest BCUT2D eigenvalue weighted by Gasteiger charge is -2.14. The molecule has 0 saturated heterocycles. The quantitative estimate of drug-likeness (QED) is 0.452. The molecule has 0 aliphatic heterocycles. The molecular formula is C8H12. The van der Waals surface area contributed by atoms with Gasteiger partial charge in [-0.25, -0.2) is 0 Å². The zero-order valence-corrected chi connectivity index (χ0v) is 5.35. The van der Waals surface area contributed by atoms with Crippen molar-refractivity contribution >= 4 is 0 Å². The normalized spacial score (nSPS) is 41.4. The van der Waals surface area contributed by atoms with Crippen molar-refractivity contribution in [2.24, 2.45) is 11.8 Å². The molecule has 0 N–H and O–H groups in total. The third-order valence-electron chi connectivity index (χ3n) is 2.60. The Balaban J connectivity index is 2.08. The van der Waals surface area contributed by atoms with Gasteiger partial charge in [0.25, 0.3) is 0 Å². The second-order valence-corrected chi connectivity index (χ2v) is 3.07. The van der Waals surface area contributed by atoms with Gasteiger partial charge in [0.15, 0.2) is 0 Å². The van der Waals surface area contributed by atoms with Gasteiger partial charge in [-0.3, -0.25) is 0 Å². The molecule has 44 valence electrons. The first kappa shape index (κ1) is 4.60. The van der Waals surface area contributed by atoms with E-state index < -0.39 is 0 Å². The van der Waals surface area contributed by atoms with Crippen molar-refractivity contribution in [1.82, 2.24) is 0 Å². The van der Waals surface area contributed by atoms with Crippen LogP contribution in [0, 0.1) is 11.8 Å². The molecule has 2 atom stereocenters. The minimum atomic E-state index is 1.01. The van der Waals surface area contributed by atoms with Crippen LogP contribution in [0.25, 0.3) is 0 Å². The number of allylic oxidation sites excluding steroid dienone is 2. The van der Waals surface area contributed by atoms with E-state index in [0.717, 1.165) is 11.8 Å². The van der Waals surface area contributed by atoms with Crippen LogP contribution in [0.5, 0.6) is 0 Å². The van der Waals surface area contributed by atoms with E-state index in [9.17, 15) is 0 Å². The SMILES string of the molecule is CCC1CC2=CC1C2. The fraction of sp³-hybridized carbons (Fsp3) is 0.750. The van der Waals surface area contributed by atoms with E-state index in [1.54, 1.807) is 5.57 Å². The van der Waals surface area contributed by atoms with Crippen LogP contribution in [0.1, 0.15) is 26.2 Å². The minimum Gasteiger partial charge on any atom is -0.0816 e. The summed E-state index contributed by atoms with van der Waals surface area (Å²) in [5.41, 5.74) is 1.74. The number of hydrogen-bond acceptors (Lipinski definition) is 0. The highest BCUT2D eigenvalue weighted by Gasteiger charge is 2.34. The Hall–Kier alpha value is -0.260. The average molecular weight is 108 g/mol. The maximum Gasteiger partial charge on any atom is -0.0162 e. The number of fused-ring (bicyclic) bond motifs is 1. The first-order valence-electron chi connectivity index (χ1n) is 3.59. The summed E-state index contributed by atoms with van der Waals surface area (Å²) >= 11 is 0. The highest BCUT2D eigenvalue weighted by molar-refractivity contribution is 5.25. The molecule has 0 amide bonds. The average Bonchev–Trinajstić information content (AvgIpc) is 2.15. The van der Waals surface area contributed by atoms with Crippen molar-refractivity contribution in [3.8, 4) is 0 Å². The molecule has 0 nitrogen and oxygen atoms in total. The van der Waals surface area contributed by atoms with Gasteiger partial charge in [-0.15, -0.1) is 0 Å². The first-order chi connectivity index (χ1) is 3.90. The summed E-state index contributed by atoms with van der Waals surface area (Å²) in [6.45, 7) is 2.31. The fourth-order valence-electron chi connectivity index (χ4n) is 1.96. The molecule has 2 unspecified atom stereocenters. The third kappa shape index (κ3) is 0.410. The summed E-state index contributed by atoms with van der Waals surface area (Å²) in [6.07, 6.45) is 6.73. The standard InChI is InChI=1S/C8H12/c1-2-7-3-6-4-8(7)5-6/h4,7-8H,2-3,5H2,1H3. The van der Waals surface area contributed by atoms with Gasteiger partial charge in [-0.2, -0.15) is 0 Å². The molecule has 0 heterocycles. The lowest BCUT2D eigenvalue weighted by atomic mass is 9.91. The summed E-state index contributed by atoms with van der Waals surface area (Å²) in [5.74, 6) is 2.06. The van der Waals surface area contributed by atoms with E-state index in [-0.39, 0.29) is 0 Å². The van der Waals surface area contributed by atoms with Gasteiger partial charge in [0.2, 0.25) is 0 Å². The van der Waals surface area contributed by atoms with Crippen molar-refractivity contribution in [1.29, 1.82) is 0 Å². The summed E-state index contributed by atoms with van der Waals surface area (Å²) in [6, 6.07) is 0. The number of rotatable bonds is 1. The zero-order chi connectivity index (χ0) is 5.56. The molecule has 0 spiro atoms. The topological polar surface area (TPSA) is 0 Å². The summed E-state index contributed by atoms with van der Waals surface area (Å²) in [7, 11) is 0. The van der Waals surface area contributed by atoms with E-state index >= 15 is 0 Å². The molecular weight excluding hydrogens is 96.1 g/mol.